The normalized spacial score (nSPS) is 13.0. The van der Waals surface area contributed by atoms with Crippen LogP contribution in [0, 0.1) is 5.82 Å². The van der Waals surface area contributed by atoms with Crippen molar-refractivity contribution in [2.24, 2.45) is 0 Å². The molecular formula is C16H14FNO7. The lowest BCUT2D eigenvalue weighted by atomic mass is 10.2. The van der Waals surface area contributed by atoms with Gasteiger partial charge in [0.25, 0.3) is 0 Å². The van der Waals surface area contributed by atoms with Crippen molar-refractivity contribution in [1.82, 2.24) is 4.57 Å². The van der Waals surface area contributed by atoms with Crippen molar-refractivity contribution in [3.63, 3.8) is 0 Å². The zero-order chi connectivity index (χ0) is 18.6. The number of aliphatic hydroxyl groups is 1. The average molecular weight is 351 g/mol. The molecule has 0 saturated heterocycles. The quantitative estimate of drug-likeness (QED) is 0.628. The lowest BCUT2D eigenvalue weighted by Crippen LogP contribution is -2.43. The molecule has 0 saturated carbocycles. The number of aliphatic hydroxyl groups excluding tert-OH is 1. The number of esters is 1. The second-order valence-electron chi connectivity index (χ2n) is 5.10. The molecule has 0 fully saturated rings. The second-order valence-corrected chi connectivity index (χ2v) is 5.10. The van der Waals surface area contributed by atoms with E-state index in [4.69, 9.17) is 10.2 Å². The second kappa shape index (κ2) is 7.58. The molecule has 3 N–H and O–H groups in total. The van der Waals surface area contributed by atoms with Crippen LogP contribution < -0.4 is 0 Å². The molecule has 25 heavy (non-hydrogen) atoms. The lowest BCUT2D eigenvalue weighted by molar-refractivity contribution is -0.166. The van der Waals surface area contributed by atoms with Crippen molar-refractivity contribution in [1.29, 1.82) is 0 Å². The highest BCUT2D eigenvalue weighted by Crippen LogP contribution is 2.12. The molecule has 0 spiro atoms. The lowest BCUT2D eigenvalue weighted by Gasteiger charge is -2.17. The van der Waals surface area contributed by atoms with Crippen LogP contribution in [-0.4, -0.2) is 50.0 Å². The van der Waals surface area contributed by atoms with E-state index in [9.17, 15) is 23.9 Å². The number of carbonyl (C=O) groups is 3. The first-order valence-electron chi connectivity index (χ1n) is 7.04. The van der Waals surface area contributed by atoms with E-state index in [1.165, 1.54) is 47.2 Å². The molecular weight excluding hydrogens is 337 g/mol. The number of hydrogen-bond donors (Lipinski definition) is 3. The number of carboxylic acid groups (broad SMARTS) is 2. The van der Waals surface area contributed by atoms with Crippen molar-refractivity contribution >= 4 is 17.9 Å². The first kappa shape index (κ1) is 18.1. The molecule has 0 aliphatic heterocycles. The maximum atomic E-state index is 12.9. The first-order valence-corrected chi connectivity index (χ1v) is 7.04. The molecule has 0 bridgehead atoms. The Bertz CT molecular complexity index is 784. The van der Waals surface area contributed by atoms with E-state index in [1.54, 1.807) is 0 Å². The maximum Gasteiger partial charge on any atom is 0.355 e. The van der Waals surface area contributed by atoms with Gasteiger partial charge < -0.3 is 24.6 Å². The van der Waals surface area contributed by atoms with Gasteiger partial charge in [-0.05, 0) is 29.8 Å². The topological polar surface area (TPSA) is 126 Å². The summed E-state index contributed by atoms with van der Waals surface area (Å²) in [4.78, 5) is 33.9. The molecule has 0 radical (unpaired) electrons. The van der Waals surface area contributed by atoms with Gasteiger partial charge in [0.1, 0.15) is 11.5 Å². The molecule has 1 heterocycles. The summed E-state index contributed by atoms with van der Waals surface area (Å²) in [5.41, 5.74) is 0.625. The molecule has 2 rings (SSSR count). The van der Waals surface area contributed by atoms with Gasteiger partial charge >= 0.3 is 17.9 Å². The number of rotatable bonds is 7. The van der Waals surface area contributed by atoms with E-state index in [0.717, 1.165) is 0 Å². The Balaban J connectivity index is 2.17. The molecule has 132 valence electrons. The fraction of sp³-hybridized carbons (Fsp3) is 0.188. The van der Waals surface area contributed by atoms with Gasteiger partial charge in [0, 0.05) is 12.7 Å². The Morgan fingerprint density at radius 1 is 1.08 bits per heavy atom. The average Bonchev–Trinajstić information content (AvgIpc) is 3.01. The first-order chi connectivity index (χ1) is 11.8. The number of aromatic nitrogens is 1. The molecule has 0 amide bonds. The van der Waals surface area contributed by atoms with Crippen molar-refractivity contribution in [2.45, 2.75) is 18.8 Å². The molecule has 0 aliphatic rings. The van der Waals surface area contributed by atoms with E-state index in [2.05, 4.69) is 4.74 Å². The predicted molar refractivity (Wildman–Crippen MR) is 80.4 cm³/mol. The summed E-state index contributed by atoms with van der Waals surface area (Å²) in [6.07, 6.45) is -3.13. The van der Waals surface area contributed by atoms with Crippen molar-refractivity contribution in [3.8, 4) is 0 Å². The number of ether oxygens (including phenoxy) is 1. The van der Waals surface area contributed by atoms with Crippen LogP contribution in [0.15, 0.2) is 42.6 Å². The number of aliphatic carboxylic acids is 2. The molecule has 0 unspecified atom stereocenters. The highest BCUT2D eigenvalue weighted by molar-refractivity contribution is 5.91. The van der Waals surface area contributed by atoms with Gasteiger partial charge in [0.2, 0.25) is 6.10 Å². The van der Waals surface area contributed by atoms with Crippen LogP contribution in [-0.2, 0) is 20.9 Å². The number of hydrogen-bond acceptors (Lipinski definition) is 5. The van der Waals surface area contributed by atoms with Crippen LogP contribution in [0.3, 0.4) is 0 Å². The highest BCUT2D eigenvalue weighted by atomic mass is 19.1. The Morgan fingerprint density at radius 2 is 1.72 bits per heavy atom. The van der Waals surface area contributed by atoms with Crippen LogP contribution in [0.4, 0.5) is 4.39 Å². The standard InChI is InChI=1S/C16H14FNO7/c17-10-5-3-9(4-6-10)8-18-7-1-2-11(18)16(24)25-13(15(22)23)12(19)14(20)21/h1-7,12-13,19H,8H2,(H,20,21)(H,22,23)/t12-,13-/m1/s1. The number of halogens is 1. The minimum atomic E-state index is -2.40. The van der Waals surface area contributed by atoms with Crippen molar-refractivity contribution in [2.75, 3.05) is 0 Å². The fourth-order valence-corrected chi connectivity index (χ4v) is 2.08. The van der Waals surface area contributed by atoms with Gasteiger partial charge in [-0.15, -0.1) is 0 Å². The molecule has 9 heteroatoms. The Labute approximate surface area is 140 Å². The third-order valence-electron chi connectivity index (χ3n) is 3.32. The SMILES string of the molecule is O=C(O[C@@H](C(=O)O)[C@@H](O)C(=O)O)c1cccn1Cc1ccc(F)cc1. The van der Waals surface area contributed by atoms with Gasteiger partial charge in [-0.2, -0.15) is 0 Å². The third kappa shape index (κ3) is 4.42. The summed E-state index contributed by atoms with van der Waals surface area (Å²) < 4.78 is 19.0. The van der Waals surface area contributed by atoms with E-state index in [0.29, 0.717) is 5.56 Å². The number of nitrogens with zero attached hydrogens (tertiary/aromatic N) is 1. The number of carbonyl (C=O) groups excluding carboxylic acids is 1. The van der Waals surface area contributed by atoms with Crippen LogP contribution >= 0.6 is 0 Å². The monoisotopic (exact) mass is 351 g/mol. The third-order valence-corrected chi connectivity index (χ3v) is 3.32. The van der Waals surface area contributed by atoms with E-state index >= 15 is 0 Å². The Hall–Kier alpha value is -3.20. The summed E-state index contributed by atoms with van der Waals surface area (Å²) in [6, 6.07) is 8.37. The molecule has 2 atom stereocenters. The summed E-state index contributed by atoms with van der Waals surface area (Å²) in [6.45, 7) is 0.178. The summed E-state index contributed by atoms with van der Waals surface area (Å²) in [7, 11) is 0. The van der Waals surface area contributed by atoms with E-state index < -0.39 is 35.9 Å². The fourth-order valence-electron chi connectivity index (χ4n) is 2.08. The molecule has 2 aromatic rings. The van der Waals surface area contributed by atoms with Gasteiger partial charge in [0.15, 0.2) is 6.10 Å². The predicted octanol–water partition coefficient (Wildman–Crippen LogP) is 0.731. The van der Waals surface area contributed by atoms with E-state index in [-0.39, 0.29) is 12.2 Å². The Morgan fingerprint density at radius 3 is 2.28 bits per heavy atom. The van der Waals surface area contributed by atoms with E-state index in [1.807, 2.05) is 0 Å². The minimum absolute atomic E-state index is 0.0480. The van der Waals surface area contributed by atoms with Gasteiger partial charge in [-0.3, -0.25) is 0 Å². The van der Waals surface area contributed by atoms with Gasteiger partial charge in [-0.25, -0.2) is 18.8 Å². The number of carboxylic acids is 2. The summed E-state index contributed by atoms with van der Waals surface area (Å²) >= 11 is 0. The zero-order valence-corrected chi connectivity index (χ0v) is 12.7. The van der Waals surface area contributed by atoms with Crippen LogP contribution in [0.5, 0.6) is 0 Å². The summed E-state index contributed by atoms with van der Waals surface area (Å²) in [5, 5.41) is 26.9. The van der Waals surface area contributed by atoms with Crippen molar-refractivity contribution < 1.29 is 38.8 Å². The van der Waals surface area contributed by atoms with Crippen molar-refractivity contribution in [3.05, 3.63) is 59.7 Å². The molecule has 1 aromatic heterocycles. The number of benzene rings is 1. The zero-order valence-electron chi connectivity index (χ0n) is 12.7. The maximum absolute atomic E-state index is 12.9. The Kier molecular flexibility index (Phi) is 5.50. The largest absolute Gasteiger partial charge is 0.479 e. The summed E-state index contributed by atoms with van der Waals surface area (Å²) in [5.74, 6) is -5.15. The van der Waals surface area contributed by atoms with Crippen LogP contribution in [0.1, 0.15) is 16.1 Å². The molecule has 8 nitrogen and oxygen atoms in total. The minimum Gasteiger partial charge on any atom is -0.479 e. The highest BCUT2D eigenvalue weighted by Gasteiger charge is 2.36. The molecule has 0 aliphatic carbocycles. The van der Waals surface area contributed by atoms with Crippen LogP contribution in [0.25, 0.3) is 0 Å². The smallest absolute Gasteiger partial charge is 0.355 e. The van der Waals surface area contributed by atoms with Gasteiger partial charge in [-0.1, -0.05) is 12.1 Å². The van der Waals surface area contributed by atoms with Gasteiger partial charge in [0.05, 0.1) is 0 Å². The molecule has 1 aromatic carbocycles. The van der Waals surface area contributed by atoms with Crippen LogP contribution in [0.2, 0.25) is 0 Å².